The lowest BCUT2D eigenvalue weighted by Gasteiger charge is -2.01. The van der Waals surface area contributed by atoms with Gasteiger partial charge in [0.05, 0.1) is 9.46 Å². The molecule has 0 aliphatic rings. The highest BCUT2D eigenvalue weighted by molar-refractivity contribution is 7.15. The maximum atomic E-state index is 12.7. The van der Waals surface area contributed by atoms with Crippen LogP contribution in [0.5, 0.6) is 0 Å². The summed E-state index contributed by atoms with van der Waals surface area (Å²) in [7, 11) is 0. The lowest BCUT2D eigenvalue weighted by molar-refractivity contribution is -0.384. The van der Waals surface area contributed by atoms with Gasteiger partial charge >= 0.3 is 0 Å². The molecular weight excluding hydrogens is 392 g/mol. The number of nitro groups is 1. The quantitative estimate of drug-likeness (QED) is 0.378. The number of hydrogen-bond donors (Lipinski definition) is 0. The molecule has 8 nitrogen and oxygen atoms in total. The van der Waals surface area contributed by atoms with E-state index in [1.54, 1.807) is 18.2 Å². The fourth-order valence-electron chi connectivity index (χ4n) is 2.79. The van der Waals surface area contributed by atoms with Gasteiger partial charge in [0.2, 0.25) is 4.96 Å². The van der Waals surface area contributed by atoms with Gasteiger partial charge in [-0.25, -0.2) is 0 Å². The molecular formula is C20H14N4O4S. The van der Waals surface area contributed by atoms with Crippen LogP contribution in [-0.4, -0.2) is 19.5 Å². The van der Waals surface area contributed by atoms with Gasteiger partial charge in [-0.15, -0.1) is 0 Å². The summed E-state index contributed by atoms with van der Waals surface area (Å²) in [5.74, 6) is 0. The van der Waals surface area contributed by atoms with Crippen LogP contribution < -0.4 is 15.7 Å². The topological polar surface area (TPSA) is 107 Å². The van der Waals surface area contributed by atoms with Gasteiger partial charge < -0.3 is 0 Å². The molecule has 0 saturated heterocycles. The smallest absolute Gasteiger partial charge is 0.266 e. The first kappa shape index (κ1) is 18.6. The van der Waals surface area contributed by atoms with Gasteiger partial charge in [0.15, 0.2) is 0 Å². The minimum absolute atomic E-state index is 0.0321. The molecule has 4 rings (SSSR count). The van der Waals surface area contributed by atoms with Gasteiger partial charge in [-0.2, -0.15) is 14.6 Å². The average molecular weight is 406 g/mol. The van der Waals surface area contributed by atoms with Crippen molar-refractivity contribution in [3.05, 3.63) is 106 Å². The zero-order valence-corrected chi connectivity index (χ0v) is 16.0. The number of nitro benzene ring substituents is 1. The number of aromatic nitrogens is 3. The zero-order valence-electron chi connectivity index (χ0n) is 15.2. The standard InChI is InChI=1S/C20H14N4O4S/c1-12-2-4-13(5-3-12)10-16-18(25)21-20-23(22-16)19(26)17(29-20)11-14-6-8-15(9-7-14)24(27)28/h2-9,11H,10H2,1H3. The second-order valence-electron chi connectivity index (χ2n) is 6.48. The fourth-order valence-corrected chi connectivity index (χ4v) is 3.70. The van der Waals surface area contributed by atoms with Crippen molar-refractivity contribution in [3.8, 4) is 0 Å². The monoisotopic (exact) mass is 406 g/mol. The van der Waals surface area contributed by atoms with Gasteiger partial charge in [-0.3, -0.25) is 19.7 Å². The van der Waals surface area contributed by atoms with Gasteiger partial charge in [0, 0.05) is 18.6 Å². The van der Waals surface area contributed by atoms with Gasteiger partial charge in [0.1, 0.15) is 5.69 Å². The number of thiazole rings is 1. The zero-order chi connectivity index (χ0) is 20.5. The van der Waals surface area contributed by atoms with Gasteiger partial charge in [-0.05, 0) is 36.3 Å². The number of aryl methyl sites for hydroxylation is 1. The van der Waals surface area contributed by atoms with Crippen molar-refractivity contribution >= 4 is 28.1 Å². The van der Waals surface area contributed by atoms with Crippen LogP contribution in [0, 0.1) is 17.0 Å². The van der Waals surface area contributed by atoms with Crippen LogP contribution in [0.2, 0.25) is 0 Å². The van der Waals surface area contributed by atoms with E-state index < -0.39 is 10.5 Å². The molecule has 0 amide bonds. The summed E-state index contributed by atoms with van der Waals surface area (Å²) in [5.41, 5.74) is 1.95. The molecule has 9 heteroatoms. The predicted molar refractivity (Wildman–Crippen MR) is 109 cm³/mol. The molecule has 0 aliphatic carbocycles. The summed E-state index contributed by atoms with van der Waals surface area (Å²) in [5, 5.41) is 15.0. The minimum atomic E-state index is -0.489. The summed E-state index contributed by atoms with van der Waals surface area (Å²) in [6, 6.07) is 13.5. The van der Waals surface area contributed by atoms with E-state index in [1.165, 1.54) is 12.1 Å². The second-order valence-corrected chi connectivity index (χ2v) is 7.49. The van der Waals surface area contributed by atoms with Crippen LogP contribution in [0.1, 0.15) is 22.4 Å². The van der Waals surface area contributed by atoms with E-state index in [9.17, 15) is 19.7 Å². The lowest BCUT2D eigenvalue weighted by atomic mass is 10.1. The number of non-ortho nitro benzene ring substituents is 1. The SMILES string of the molecule is Cc1ccc(Cc2nn3c(=O)c(=Cc4ccc([N+](=O)[O-])cc4)sc3nc2=O)cc1. The first-order valence-electron chi connectivity index (χ1n) is 8.65. The molecule has 0 bridgehead atoms. The highest BCUT2D eigenvalue weighted by Gasteiger charge is 2.12. The fraction of sp³-hybridized carbons (Fsp3) is 0.100. The van der Waals surface area contributed by atoms with Gasteiger partial charge in [0.25, 0.3) is 16.8 Å². The molecule has 0 atom stereocenters. The van der Waals surface area contributed by atoms with E-state index in [-0.39, 0.29) is 28.3 Å². The molecule has 0 fully saturated rings. The molecule has 4 aromatic rings. The maximum absolute atomic E-state index is 12.7. The third-order valence-electron chi connectivity index (χ3n) is 4.34. The van der Waals surface area contributed by atoms with E-state index in [1.807, 2.05) is 31.2 Å². The Hall–Kier alpha value is -3.72. The number of benzene rings is 2. The summed E-state index contributed by atoms with van der Waals surface area (Å²) in [6.07, 6.45) is 1.88. The maximum Gasteiger partial charge on any atom is 0.296 e. The van der Waals surface area contributed by atoms with Gasteiger partial charge in [-0.1, -0.05) is 41.2 Å². The largest absolute Gasteiger partial charge is 0.296 e. The van der Waals surface area contributed by atoms with E-state index >= 15 is 0 Å². The van der Waals surface area contributed by atoms with Crippen LogP contribution in [0.15, 0.2) is 58.1 Å². The summed E-state index contributed by atoms with van der Waals surface area (Å²) in [4.78, 5) is 39.5. The number of rotatable bonds is 4. The Morgan fingerprint density at radius 1 is 1.10 bits per heavy atom. The Morgan fingerprint density at radius 2 is 1.79 bits per heavy atom. The molecule has 0 spiro atoms. The van der Waals surface area contributed by atoms with Crippen molar-refractivity contribution in [3.63, 3.8) is 0 Å². The number of fused-ring (bicyclic) bond motifs is 1. The van der Waals surface area contributed by atoms with Crippen LogP contribution in [0.4, 0.5) is 5.69 Å². The molecule has 2 aromatic carbocycles. The normalized spacial score (nSPS) is 11.8. The molecule has 2 heterocycles. The van der Waals surface area contributed by atoms with Crippen LogP contribution in [0.3, 0.4) is 0 Å². The highest BCUT2D eigenvalue weighted by Crippen LogP contribution is 2.12. The third kappa shape index (κ3) is 3.81. The first-order chi connectivity index (χ1) is 13.9. The van der Waals surface area contributed by atoms with Crippen molar-refractivity contribution in [2.24, 2.45) is 0 Å². The molecule has 0 unspecified atom stereocenters. The minimum Gasteiger partial charge on any atom is -0.266 e. The van der Waals surface area contributed by atoms with E-state index in [2.05, 4.69) is 10.1 Å². The molecule has 0 radical (unpaired) electrons. The predicted octanol–water partition coefficient (Wildman–Crippen LogP) is 1.87. The number of nitrogens with zero attached hydrogens (tertiary/aromatic N) is 4. The van der Waals surface area contributed by atoms with Crippen molar-refractivity contribution in [1.29, 1.82) is 0 Å². The molecule has 144 valence electrons. The third-order valence-corrected chi connectivity index (χ3v) is 5.30. The van der Waals surface area contributed by atoms with Crippen molar-refractivity contribution < 1.29 is 4.92 Å². The van der Waals surface area contributed by atoms with Crippen LogP contribution in [0.25, 0.3) is 11.0 Å². The molecule has 0 N–H and O–H groups in total. The summed E-state index contributed by atoms with van der Waals surface area (Å²) in [6.45, 7) is 1.97. The second kappa shape index (κ2) is 7.36. The highest BCUT2D eigenvalue weighted by atomic mass is 32.1. The number of hydrogen-bond acceptors (Lipinski definition) is 7. The first-order valence-corrected chi connectivity index (χ1v) is 9.47. The lowest BCUT2D eigenvalue weighted by Crippen LogP contribution is -2.28. The van der Waals surface area contributed by atoms with E-state index in [0.29, 0.717) is 10.1 Å². The molecule has 0 aliphatic heterocycles. The Balaban J connectivity index is 1.75. The van der Waals surface area contributed by atoms with Crippen LogP contribution in [-0.2, 0) is 6.42 Å². The Morgan fingerprint density at radius 3 is 2.45 bits per heavy atom. The summed E-state index contributed by atoms with van der Waals surface area (Å²) >= 11 is 1.05. The van der Waals surface area contributed by atoms with E-state index in [4.69, 9.17) is 0 Å². The molecule has 0 saturated carbocycles. The van der Waals surface area contributed by atoms with Crippen LogP contribution >= 0.6 is 11.3 Å². The molecule has 29 heavy (non-hydrogen) atoms. The van der Waals surface area contributed by atoms with Crippen molar-refractivity contribution in [2.45, 2.75) is 13.3 Å². The molecule has 2 aromatic heterocycles. The average Bonchev–Trinajstić information content (AvgIpc) is 2.99. The van der Waals surface area contributed by atoms with E-state index in [0.717, 1.165) is 27.0 Å². The Bertz CT molecular complexity index is 1390. The Labute approximate surface area is 167 Å². The summed E-state index contributed by atoms with van der Waals surface area (Å²) < 4.78 is 1.47. The van der Waals surface area contributed by atoms with Crippen molar-refractivity contribution in [1.82, 2.24) is 14.6 Å². The Kier molecular flexibility index (Phi) is 4.73. The van der Waals surface area contributed by atoms with Crippen molar-refractivity contribution in [2.75, 3.05) is 0 Å².